The summed E-state index contributed by atoms with van der Waals surface area (Å²) < 4.78 is 0. The molecule has 2 aromatic rings. The molecule has 20 heavy (non-hydrogen) atoms. The second kappa shape index (κ2) is 5.96. The van der Waals surface area contributed by atoms with E-state index in [0.29, 0.717) is 10.6 Å². The molecule has 0 spiro atoms. The number of hydrogen-bond acceptors (Lipinski definition) is 3. The number of amides is 1. The number of anilines is 1. The third-order valence-electron chi connectivity index (χ3n) is 2.98. The summed E-state index contributed by atoms with van der Waals surface area (Å²) in [6.45, 7) is 1.99. The minimum Gasteiger partial charge on any atom is -0.376 e. The van der Waals surface area contributed by atoms with Crippen LogP contribution in [-0.4, -0.2) is 35.1 Å². The lowest BCUT2D eigenvalue weighted by molar-refractivity contribution is 0.0827. The van der Waals surface area contributed by atoms with Crippen LogP contribution in [0.5, 0.6) is 0 Å². The van der Waals surface area contributed by atoms with Crippen LogP contribution in [0.25, 0.3) is 0 Å². The van der Waals surface area contributed by atoms with Crippen LogP contribution in [0.15, 0.2) is 30.5 Å². The monoisotopic (exact) mass is 292 g/mol. The van der Waals surface area contributed by atoms with Gasteiger partial charge in [-0.15, -0.1) is 0 Å². The van der Waals surface area contributed by atoms with Gasteiger partial charge in [0.25, 0.3) is 5.91 Å². The molecule has 2 rings (SSSR count). The third-order valence-corrected chi connectivity index (χ3v) is 3.31. The molecule has 1 aromatic carbocycles. The van der Waals surface area contributed by atoms with Gasteiger partial charge in [0, 0.05) is 25.9 Å². The van der Waals surface area contributed by atoms with Gasteiger partial charge in [0.05, 0.1) is 22.4 Å². The number of benzene rings is 1. The van der Waals surface area contributed by atoms with Crippen molar-refractivity contribution < 1.29 is 4.79 Å². The van der Waals surface area contributed by atoms with E-state index in [4.69, 9.17) is 11.6 Å². The Labute approximate surface area is 122 Å². The summed E-state index contributed by atoms with van der Waals surface area (Å²) in [5, 5.41) is 10.7. The summed E-state index contributed by atoms with van der Waals surface area (Å²) in [5.74, 6) is -0.0566. The number of halogens is 1. The molecule has 0 aliphatic rings. The van der Waals surface area contributed by atoms with Crippen LogP contribution in [0.3, 0.4) is 0 Å². The van der Waals surface area contributed by atoms with Gasteiger partial charge in [-0.25, -0.2) is 0 Å². The van der Waals surface area contributed by atoms with Crippen LogP contribution >= 0.6 is 11.6 Å². The minimum atomic E-state index is -0.0566. The van der Waals surface area contributed by atoms with Gasteiger partial charge in [0.1, 0.15) is 0 Å². The van der Waals surface area contributed by atoms with Crippen LogP contribution in [0, 0.1) is 0 Å². The lowest BCUT2D eigenvalue weighted by Crippen LogP contribution is -2.21. The molecule has 2 N–H and O–H groups in total. The lowest BCUT2D eigenvalue weighted by Gasteiger charge is -2.17. The summed E-state index contributed by atoms with van der Waals surface area (Å²) in [5.41, 5.74) is 2.27. The molecule has 0 bridgehead atoms. The predicted molar refractivity (Wildman–Crippen MR) is 80.1 cm³/mol. The van der Waals surface area contributed by atoms with Crippen molar-refractivity contribution in [3.05, 3.63) is 46.7 Å². The van der Waals surface area contributed by atoms with Crippen LogP contribution in [0.4, 0.5) is 5.69 Å². The number of carbonyl (C=O) groups is 1. The Kier molecular flexibility index (Phi) is 4.29. The Hall–Kier alpha value is -2.01. The lowest BCUT2D eigenvalue weighted by atomic mass is 10.1. The Morgan fingerprint density at radius 1 is 1.40 bits per heavy atom. The van der Waals surface area contributed by atoms with E-state index < -0.39 is 0 Å². The van der Waals surface area contributed by atoms with Gasteiger partial charge in [-0.2, -0.15) is 5.10 Å². The maximum atomic E-state index is 12.0. The van der Waals surface area contributed by atoms with Crippen LogP contribution in [-0.2, 0) is 0 Å². The van der Waals surface area contributed by atoms with Gasteiger partial charge < -0.3 is 10.2 Å². The van der Waals surface area contributed by atoms with Gasteiger partial charge in [0.2, 0.25) is 0 Å². The van der Waals surface area contributed by atoms with Gasteiger partial charge in [-0.05, 0) is 31.2 Å². The highest BCUT2D eigenvalue weighted by atomic mass is 35.5. The first-order chi connectivity index (χ1) is 9.49. The highest BCUT2D eigenvalue weighted by Crippen LogP contribution is 2.27. The van der Waals surface area contributed by atoms with E-state index in [0.717, 1.165) is 11.4 Å². The van der Waals surface area contributed by atoms with Crippen molar-refractivity contribution in [3.8, 4) is 0 Å². The number of aromatic amines is 1. The van der Waals surface area contributed by atoms with Crippen LogP contribution in [0.1, 0.15) is 29.0 Å². The number of nitrogens with one attached hydrogen (secondary N) is 2. The molecule has 5 nitrogen and oxygen atoms in total. The van der Waals surface area contributed by atoms with Gasteiger partial charge in [-0.3, -0.25) is 9.89 Å². The number of H-pyrrole nitrogens is 1. The molecule has 0 fully saturated rings. The molecule has 1 aromatic heterocycles. The van der Waals surface area contributed by atoms with E-state index in [-0.39, 0.29) is 11.9 Å². The van der Waals surface area contributed by atoms with Crippen molar-refractivity contribution in [1.29, 1.82) is 0 Å². The van der Waals surface area contributed by atoms with E-state index in [1.165, 1.54) is 4.90 Å². The fourth-order valence-corrected chi connectivity index (χ4v) is 2.02. The zero-order valence-corrected chi connectivity index (χ0v) is 12.4. The van der Waals surface area contributed by atoms with E-state index in [2.05, 4.69) is 15.5 Å². The van der Waals surface area contributed by atoms with Gasteiger partial charge in [-0.1, -0.05) is 11.6 Å². The summed E-state index contributed by atoms with van der Waals surface area (Å²) >= 11 is 6.17. The molecule has 1 atom stereocenters. The standard InChI is InChI=1S/C14H17ClN4O/c1-9(12-6-7-16-18-12)17-13-8-10(4-5-11(13)15)14(20)19(2)3/h4-9,17H,1-3H3,(H,16,18). The molecule has 6 heteroatoms. The molecule has 0 saturated heterocycles. The van der Waals surface area contributed by atoms with Crippen molar-refractivity contribution in [2.45, 2.75) is 13.0 Å². The Bertz CT molecular complexity index is 595. The molecular formula is C14H17ClN4O. The number of rotatable bonds is 4. The fourth-order valence-electron chi connectivity index (χ4n) is 1.85. The van der Waals surface area contributed by atoms with Crippen molar-refractivity contribution >= 4 is 23.2 Å². The van der Waals surface area contributed by atoms with Gasteiger partial charge >= 0.3 is 0 Å². The molecule has 1 heterocycles. The molecule has 0 saturated carbocycles. The second-order valence-corrected chi connectivity index (χ2v) is 5.18. The van der Waals surface area contributed by atoms with Crippen LogP contribution in [0.2, 0.25) is 5.02 Å². The average Bonchev–Trinajstić information content (AvgIpc) is 2.94. The zero-order chi connectivity index (χ0) is 14.7. The van der Waals surface area contributed by atoms with E-state index in [1.54, 1.807) is 38.5 Å². The number of carbonyl (C=O) groups excluding carboxylic acids is 1. The number of aromatic nitrogens is 2. The number of hydrogen-bond donors (Lipinski definition) is 2. The topological polar surface area (TPSA) is 61.0 Å². The second-order valence-electron chi connectivity index (χ2n) is 4.77. The summed E-state index contributed by atoms with van der Waals surface area (Å²) in [6.07, 6.45) is 1.70. The first-order valence-corrected chi connectivity index (χ1v) is 6.64. The molecule has 0 aliphatic carbocycles. The highest BCUT2D eigenvalue weighted by molar-refractivity contribution is 6.33. The van der Waals surface area contributed by atoms with Crippen molar-refractivity contribution in [2.24, 2.45) is 0 Å². The Morgan fingerprint density at radius 2 is 2.15 bits per heavy atom. The Morgan fingerprint density at radius 3 is 2.75 bits per heavy atom. The molecular weight excluding hydrogens is 276 g/mol. The zero-order valence-electron chi connectivity index (χ0n) is 11.6. The summed E-state index contributed by atoms with van der Waals surface area (Å²) in [4.78, 5) is 13.5. The summed E-state index contributed by atoms with van der Waals surface area (Å²) in [7, 11) is 3.44. The van der Waals surface area contributed by atoms with E-state index in [1.807, 2.05) is 13.0 Å². The normalized spacial score (nSPS) is 12.0. The quantitative estimate of drug-likeness (QED) is 0.911. The minimum absolute atomic E-state index is 0.0136. The molecule has 0 aliphatic heterocycles. The predicted octanol–water partition coefficient (Wildman–Crippen LogP) is 2.94. The third kappa shape index (κ3) is 3.11. The van der Waals surface area contributed by atoms with E-state index in [9.17, 15) is 4.79 Å². The molecule has 106 valence electrons. The van der Waals surface area contributed by atoms with Crippen LogP contribution < -0.4 is 5.32 Å². The molecule has 1 unspecified atom stereocenters. The smallest absolute Gasteiger partial charge is 0.253 e. The fraction of sp³-hybridized carbons (Fsp3) is 0.286. The van der Waals surface area contributed by atoms with Gasteiger partial charge in [0.15, 0.2) is 0 Å². The summed E-state index contributed by atoms with van der Waals surface area (Å²) in [6, 6.07) is 7.11. The maximum absolute atomic E-state index is 12.0. The Balaban J connectivity index is 2.23. The first kappa shape index (κ1) is 14.4. The number of nitrogens with zero attached hydrogens (tertiary/aromatic N) is 2. The highest BCUT2D eigenvalue weighted by Gasteiger charge is 2.13. The molecule has 0 radical (unpaired) electrons. The van der Waals surface area contributed by atoms with E-state index >= 15 is 0 Å². The van der Waals surface area contributed by atoms with Crippen molar-refractivity contribution in [3.63, 3.8) is 0 Å². The maximum Gasteiger partial charge on any atom is 0.253 e. The molecule has 1 amide bonds. The first-order valence-electron chi connectivity index (χ1n) is 6.26. The SMILES string of the molecule is CC(Nc1cc(C(=O)N(C)C)ccc1Cl)c1ccn[nH]1. The van der Waals surface area contributed by atoms with Crippen molar-refractivity contribution in [1.82, 2.24) is 15.1 Å². The average molecular weight is 293 g/mol. The van der Waals surface area contributed by atoms with Crippen molar-refractivity contribution in [2.75, 3.05) is 19.4 Å². The largest absolute Gasteiger partial charge is 0.376 e.